The molecule has 2 heteroatoms. The van der Waals surface area contributed by atoms with E-state index >= 15 is 0 Å². The van der Waals surface area contributed by atoms with Gasteiger partial charge in [-0.05, 0) is 30.5 Å². The van der Waals surface area contributed by atoms with Crippen LogP contribution in [0.25, 0.3) is 0 Å². The van der Waals surface area contributed by atoms with Gasteiger partial charge in [-0.2, -0.15) is 0 Å². The first-order valence-electron chi connectivity index (χ1n) is 5.19. The molecule has 0 atom stereocenters. The van der Waals surface area contributed by atoms with Crippen molar-refractivity contribution in [3.05, 3.63) is 29.8 Å². The lowest BCUT2D eigenvalue weighted by molar-refractivity contribution is 0.298. The summed E-state index contributed by atoms with van der Waals surface area (Å²) < 4.78 is 5.52. The highest BCUT2D eigenvalue weighted by Gasteiger charge is 1.94. The zero-order chi connectivity index (χ0) is 10.2. The summed E-state index contributed by atoms with van der Waals surface area (Å²) in [5, 5.41) is 8.73. The molecule has 1 N–H and O–H groups in total. The molecule has 0 fully saturated rings. The third-order valence-electron chi connectivity index (χ3n) is 2.09. The minimum Gasteiger partial charge on any atom is -0.494 e. The summed E-state index contributed by atoms with van der Waals surface area (Å²) in [6.45, 7) is 3.14. The van der Waals surface area contributed by atoms with Gasteiger partial charge in [0.05, 0.1) is 6.61 Å². The van der Waals surface area contributed by atoms with E-state index in [-0.39, 0.29) is 6.61 Å². The minimum absolute atomic E-state index is 0.204. The first kappa shape index (κ1) is 11.1. The summed E-state index contributed by atoms with van der Waals surface area (Å²) in [6.07, 6.45) is 2.97. The summed E-state index contributed by atoms with van der Waals surface area (Å²) in [5.41, 5.74) is 1.15. The van der Waals surface area contributed by atoms with E-state index in [9.17, 15) is 0 Å². The normalized spacial score (nSPS) is 10.1. The molecule has 0 heterocycles. The Morgan fingerprint density at radius 1 is 1.21 bits per heavy atom. The Morgan fingerprint density at radius 2 is 1.93 bits per heavy atom. The van der Waals surface area contributed by atoms with Gasteiger partial charge >= 0.3 is 0 Å². The lowest BCUT2D eigenvalue weighted by Gasteiger charge is -2.05. The van der Waals surface area contributed by atoms with Crippen molar-refractivity contribution < 1.29 is 9.84 Å². The van der Waals surface area contributed by atoms with Crippen LogP contribution in [0, 0.1) is 0 Å². The Hall–Kier alpha value is -1.02. The molecule has 14 heavy (non-hydrogen) atoms. The van der Waals surface area contributed by atoms with E-state index in [0.717, 1.165) is 37.2 Å². The average Bonchev–Trinajstić information content (AvgIpc) is 2.21. The number of aliphatic hydroxyl groups is 1. The second-order valence-electron chi connectivity index (χ2n) is 3.32. The molecule has 0 saturated heterocycles. The number of ether oxygens (including phenoxy) is 1. The van der Waals surface area contributed by atoms with Crippen LogP contribution in [0.3, 0.4) is 0 Å². The van der Waals surface area contributed by atoms with Crippen molar-refractivity contribution in [3.63, 3.8) is 0 Å². The van der Waals surface area contributed by atoms with Crippen molar-refractivity contribution in [3.8, 4) is 5.75 Å². The molecule has 0 amide bonds. The fourth-order valence-electron chi connectivity index (χ4n) is 1.22. The van der Waals surface area contributed by atoms with Crippen LogP contribution >= 0.6 is 0 Å². The van der Waals surface area contributed by atoms with Gasteiger partial charge in [-0.15, -0.1) is 0 Å². The molecular weight excluding hydrogens is 176 g/mol. The van der Waals surface area contributed by atoms with Gasteiger partial charge in [-0.25, -0.2) is 0 Å². The van der Waals surface area contributed by atoms with E-state index in [2.05, 4.69) is 6.92 Å². The Labute approximate surface area is 85.5 Å². The van der Waals surface area contributed by atoms with Crippen molar-refractivity contribution in [2.45, 2.75) is 26.2 Å². The molecule has 0 aliphatic carbocycles. The first-order valence-corrected chi connectivity index (χ1v) is 5.19. The lowest BCUT2D eigenvalue weighted by atomic mass is 10.1. The SMILES string of the molecule is CCCCOc1ccc(CCO)cc1. The van der Waals surface area contributed by atoms with Crippen LogP contribution in [0.15, 0.2) is 24.3 Å². The van der Waals surface area contributed by atoms with Crippen molar-refractivity contribution in [1.82, 2.24) is 0 Å². The van der Waals surface area contributed by atoms with Crippen LogP contribution in [-0.2, 0) is 6.42 Å². The van der Waals surface area contributed by atoms with Crippen LogP contribution in [0.5, 0.6) is 5.75 Å². The quantitative estimate of drug-likeness (QED) is 0.705. The van der Waals surface area contributed by atoms with E-state index in [4.69, 9.17) is 9.84 Å². The van der Waals surface area contributed by atoms with E-state index in [1.165, 1.54) is 0 Å². The molecule has 0 unspecified atom stereocenters. The van der Waals surface area contributed by atoms with Crippen LogP contribution in [0.2, 0.25) is 0 Å². The molecule has 0 aliphatic heterocycles. The maximum absolute atomic E-state index is 8.73. The van der Waals surface area contributed by atoms with Crippen LogP contribution in [0.4, 0.5) is 0 Å². The fourth-order valence-corrected chi connectivity index (χ4v) is 1.22. The van der Waals surface area contributed by atoms with Gasteiger partial charge in [0.1, 0.15) is 5.75 Å². The highest BCUT2D eigenvalue weighted by molar-refractivity contribution is 5.27. The summed E-state index contributed by atoms with van der Waals surface area (Å²) in [4.78, 5) is 0. The van der Waals surface area contributed by atoms with E-state index in [1.807, 2.05) is 24.3 Å². The van der Waals surface area contributed by atoms with E-state index in [0.29, 0.717) is 0 Å². The number of benzene rings is 1. The number of hydrogen-bond donors (Lipinski definition) is 1. The number of unbranched alkanes of at least 4 members (excludes halogenated alkanes) is 1. The van der Waals surface area contributed by atoms with E-state index < -0.39 is 0 Å². The van der Waals surface area contributed by atoms with Gasteiger partial charge < -0.3 is 9.84 Å². The van der Waals surface area contributed by atoms with Crippen LogP contribution in [-0.4, -0.2) is 18.3 Å². The van der Waals surface area contributed by atoms with Crippen molar-refractivity contribution in [2.24, 2.45) is 0 Å². The molecule has 1 aromatic rings. The third kappa shape index (κ3) is 3.79. The summed E-state index contributed by atoms with van der Waals surface area (Å²) in [7, 11) is 0. The zero-order valence-electron chi connectivity index (χ0n) is 8.70. The smallest absolute Gasteiger partial charge is 0.119 e. The van der Waals surface area contributed by atoms with E-state index in [1.54, 1.807) is 0 Å². The standard InChI is InChI=1S/C12H18O2/c1-2-3-10-14-12-6-4-11(5-7-12)8-9-13/h4-7,13H,2-3,8-10H2,1H3. The molecular formula is C12H18O2. The van der Waals surface area contributed by atoms with Crippen molar-refractivity contribution >= 4 is 0 Å². The molecule has 1 aromatic carbocycles. The Morgan fingerprint density at radius 3 is 2.50 bits per heavy atom. The molecule has 0 aromatic heterocycles. The highest BCUT2D eigenvalue weighted by atomic mass is 16.5. The topological polar surface area (TPSA) is 29.5 Å². The summed E-state index contributed by atoms with van der Waals surface area (Å²) >= 11 is 0. The van der Waals surface area contributed by atoms with Crippen molar-refractivity contribution in [1.29, 1.82) is 0 Å². The minimum atomic E-state index is 0.204. The van der Waals surface area contributed by atoms with Gasteiger partial charge in [0.2, 0.25) is 0 Å². The van der Waals surface area contributed by atoms with Gasteiger partial charge in [0.25, 0.3) is 0 Å². The Kier molecular flexibility index (Phi) is 5.08. The molecule has 0 bridgehead atoms. The van der Waals surface area contributed by atoms with Gasteiger partial charge in [-0.1, -0.05) is 25.5 Å². The first-order chi connectivity index (χ1) is 6.86. The highest BCUT2D eigenvalue weighted by Crippen LogP contribution is 2.12. The monoisotopic (exact) mass is 194 g/mol. The van der Waals surface area contributed by atoms with Crippen molar-refractivity contribution in [2.75, 3.05) is 13.2 Å². The maximum atomic E-state index is 8.73. The predicted octanol–water partition coefficient (Wildman–Crippen LogP) is 2.40. The number of rotatable bonds is 6. The number of hydrogen-bond acceptors (Lipinski definition) is 2. The lowest BCUT2D eigenvalue weighted by Crippen LogP contribution is -1.96. The largest absolute Gasteiger partial charge is 0.494 e. The molecule has 78 valence electrons. The second kappa shape index (κ2) is 6.44. The predicted molar refractivity (Wildman–Crippen MR) is 57.6 cm³/mol. The average molecular weight is 194 g/mol. The second-order valence-corrected chi connectivity index (χ2v) is 3.32. The van der Waals surface area contributed by atoms with Crippen LogP contribution < -0.4 is 4.74 Å². The van der Waals surface area contributed by atoms with Gasteiger partial charge in [-0.3, -0.25) is 0 Å². The summed E-state index contributed by atoms with van der Waals surface area (Å²) in [5.74, 6) is 0.917. The maximum Gasteiger partial charge on any atom is 0.119 e. The van der Waals surface area contributed by atoms with Crippen LogP contribution in [0.1, 0.15) is 25.3 Å². The fraction of sp³-hybridized carbons (Fsp3) is 0.500. The molecule has 0 aliphatic rings. The zero-order valence-corrected chi connectivity index (χ0v) is 8.70. The number of aliphatic hydroxyl groups excluding tert-OH is 1. The Balaban J connectivity index is 2.38. The van der Waals surface area contributed by atoms with Gasteiger partial charge in [0.15, 0.2) is 0 Å². The molecule has 0 saturated carbocycles. The summed E-state index contributed by atoms with van der Waals surface area (Å²) in [6, 6.07) is 7.91. The Bertz CT molecular complexity index is 241. The molecule has 1 rings (SSSR count). The molecule has 0 radical (unpaired) electrons. The third-order valence-corrected chi connectivity index (χ3v) is 2.09. The molecule has 0 spiro atoms. The molecule has 2 nitrogen and oxygen atoms in total. The van der Waals surface area contributed by atoms with Gasteiger partial charge in [0, 0.05) is 6.61 Å².